The fourth-order valence-electron chi connectivity index (χ4n) is 5.65. The minimum atomic E-state index is 0.0407. The summed E-state index contributed by atoms with van der Waals surface area (Å²) in [7, 11) is 0. The van der Waals surface area contributed by atoms with E-state index in [1.54, 1.807) is 0 Å². The Morgan fingerprint density at radius 2 is 1.94 bits per heavy atom. The largest absolute Gasteiger partial charge is 0.384 e. The minimum absolute atomic E-state index is 0.0407. The third kappa shape index (κ3) is 3.33. The first-order chi connectivity index (χ1) is 17.4. The lowest BCUT2D eigenvalue weighted by molar-refractivity contribution is 0.555. The Morgan fingerprint density at radius 1 is 0.971 bits per heavy atom. The van der Waals surface area contributed by atoms with Gasteiger partial charge < -0.3 is 15.2 Å². The zero-order valence-electron chi connectivity index (χ0n) is 19.4. The van der Waals surface area contributed by atoms with Gasteiger partial charge in [0, 0.05) is 53.4 Å². The fraction of sp³-hybridized carbons (Fsp3) is 0.129. The van der Waals surface area contributed by atoms with Gasteiger partial charge in [-0.05, 0) is 58.7 Å². The van der Waals surface area contributed by atoms with Crippen molar-refractivity contribution in [2.75, 3.05) is 6.54 Å². The molecule has 0 amide bonds. The van der Waals surface area contributed by atoms with Gasteiger partial charge >= 0.3 is 0 Å². The molecule has 0 saturated carbocycles. The molecule has 0 bridgehead atoms. The molecule has 2 N–H and O–H groups in total. The lowest BCUT2D eigenvalue weighted by atomic mass is 9.87. The van der Waals surface area contributed by atoms with Gasteiger partial charge in [-0.2, -0.15) is 0 Å². The van der Waals surface area contributed by atoms with E-state index in [0.29, 0.717) is 5.92 Å². The molecule has 35 heavy (non-hydrogen) atoms. The fourth-order valence-corrected chi connectivity index (χ4v) is 5.65. The van der Waals surface area contributed by atoms with Crippen molar-refractivity contribution in [1.29, 1.82) is 0 Å². The Morgan fingerprint density at radius 3 is 2.77 bits per heavy atom. The standard InChI is InChI=1S/C31H26N4/c1-2-8-25-21(6-1)10-14-29-31(25)26-18-22(27-9-3-4-17-33-27)11-13-28(26)35(29)30-15-12-24(20-34-30)23-7-5-16-32-19-23/h1-16,19-20,22,30,33-34H,17-18H2. The molecule has 170 valence electrons. The second kappa shape index (κ2) is 8.17. The molecular formula is C31H26N4. The summed E-state index contributed by atoms with van der Waals surface area (Å²) in [6, 6.07) is 17.4. The minimum Gasteiger partial charge on any atom is -0.384 e. The van der Waals surface area contributed by atoms with Crippen molar-refractivity contribution >= 4 is 33.3 Å². The second-order valence-electron chi connectivity index (χ2n) is 9.33. The van der Waals surface area contributed by atoms with Gasteiger partial charge in [-0.3, -0.25) is 4.98 Å². The zero-order valence-corrected chi connectivity index (χ0v) is 19.4. The number of allylic oxidation sites excluding steroid dienone is 5. The summed E-state index contributed by atoms with van der Waals surface area (Å²) in [6.07, 6.45) is 22.6. The number of aromatic nitrogens is 2. The van der Waals surface area contributed by atoms with Crippen LogP contribution in [0.4, 0.5) is 0 Å². The average Bonchev–Trinajstić information content (AvgIpc) is 3.28. The van der Waals surface area contributed by atoms with Gasteiger partial charge in [0.25, 0.3) is 0 Å². The van der Waals surface area contributed by atoms with E-state index in [4.69, 9.17) is 0 Å². The van der Waals surface area contributed by atoms with Crippen LogP contribution < -0.4 is 10.6 Å². The first-order valence-corrected chi connectivity index (χ1v) is 12.2. The van der Waals surface area contributed by atoms with Crippen molar-refractivity contribution < 1.29 is 0 Å². The van der Waals surface area contributed by atoms with Crippen LogP contribution in [0.5, 0.6) is 0 Å². The third-order valence-electron chi connectivity index (χ3n) is 7.32. The van der Waals surface area contributed by atoms with E-state index in [2.05, 4.69) is 111 Å². The molecule has 4 heterocycles. The van der Waals surface area contributed by atoms with Crippen LogP contribution in [-0.4, -0.2) is 16.1 Å². The number of hydrogen-bond acceptors (Lipinski definition) is 3. The topological polar surface area (TPSA) is 41.9 Å². The van der Waals surface area contributed by atoms with E-state index in [1.165, 1.54) is 38.6 Å². The van der Waals surface area contributed by atoms with Gasteiger partial charge in [0.1, 0.15) is 6.17 Å². The maximum absolute atomic E-state index is 4.27. The lowest BCUT2D eigenvalue weighted by Crippen LogP contribution is -2.26. The number of pyridine rings is 1. The summed E-state index contributed by atoms with van der Waals surface area (Å²) in [5.41, 5.74) is 7.55. The molecule has 2 aliphatic heterocycles. The van der Waals surface area contributed by atoms with Crippen LogP contribution >= 0.6 is 0 Å². The molecule has 0 spiro atoms. The Kier molecular flexibility index (Phi) is 4.69. The molecule has 4 aromatic rings. The van der Waals surface area contributed by atoms with Crippen LogP contribution in [0.25, 0.3) is 33.3 Å². The molecule has 2 unspecified atom stereocenters. The number of nitrogens with zero attached hydrogens (tertiary/aromatic N) is 2. The Hall–Kier alpha value is -4.31. The van der Waals surface area contributed by atoms with E-state index in [9.17, 15) is 0 Å². The average molecular weight is 455 g/mol. The molecule has 4 heteroatoms. The van der Waals surface area contributed by atoms with E-state index in [0.717, 1.165) is 24.1 Å². The maximum atomic E-state index is 4.27. The molecular weight excluding hydrogens is 428 g/mol. The van der Waals surface area contributed by atoms with Crippen molar-refractivity contribution in [3.05, 3.63) is 126 Å². The van der Waals surface area contributed by atoms with Crippen LogP contribution in [0.15, 0.2) is 109 Å². The van der Waals surface area contributed by atoms with Gasteiger partial charge in [-0.25, -0.2) is 0 Å². The van der Waals surface area contributed by atoms with Crippen molar-refractivity contribution in [2.24, 2.45) is 5.92 Å². The van der Waals surface area contributed by atoms with Crippen molar-refractivity contribution in [2.45, 2.75) is 12.6 Å². The highest BCUT2D eigenvalue weighted by Crippen LogP contribution is 2.40. The highest BCUT2D eigenvalue weighted by atomic mass is 15.2. The number of rotatable bonds is 3. The molecule has 7 rings (SSSR count). The summed E-state index contributed by atoms with van der Waals surface area (Å²) in [4.78, 5) is 4.27. The third-order valence-corrected chi connectivity index (χ3v) is 7.32. The van der Waals surface area contributed by atoms with E-state index in [-0.39, 0.29) is 6.17 Å². The molecule has 1 aliphatic carbocycles. The molecule has 4 nitrogen and oxygen atoms in total. The van der Waals surface area contributed by atoms with Gasteiger partial charge in [-0.1, -0.05) is 60.7 Å². The number of hydrogen-bond donors (Lipinski definition) is 2. The highest BCUT2D eigenvalue weighted by Gasteiger charge is 2.27. The molecule has 2 aromatic heterocycles. The van der Waals surface area contributed by atoms with Gasteiger partial charge in [0.15, 0.2) is 0 Å². The van der Waals surface area contributed by atoms with E-state index < -0.39 is 0 Å². The Balaban J connectivity index is 1.36. The summed E-state index contributed by atoms with van der Waals surface area (Å²) < 4.78 is 2.46. The van der Waals surface area contributed by atoms with Gasteiger partial charge in [0.05, 0.1) is 5.52 Å². The Bertz CT molecular complexity index is 1600. The van der Waals surface area contributed by atoms with Crippen LogP contribution in [-0.2, 0) is 6.42 Å². The van der Waals surface area contributed by atoms with Crippen LogP contribution in [0.3, 0.4) is 0 Å². The molecule has 0 fully saturated rings. The van der Waals surface area contributed by atoms with Crippen molar-refractivity contribution in [3.63, 3.8) is 0 Å². The normalized spacial score (nSPS) is 20.8. The molecule has 3 aliphatic rings. The number of fused-ring (bicyclic) bond motifs is 5. The molecule has 0 saturated heterocycles. The molecule has 0 radical (unpaired) electrons. The predicted octanol–water partition coefficient (Wildman–Crippen LogP) is 6.12. The predicted molar refractivity (Wildman–Crippen MR) is 144 cm³/mol. The van der Waals surface area contributed by atoms with E-state index in [1.807, 2.05) is 18.5 Å². The summed E-state index contributed by atoms with van der Waals surface area (Å²) in [6.45, 7) is 0.899. The summed E-state index contributed by atoms with van der Waals surface area (Å²) in [5.74, 6) is 0.359. The maximum Gasteiger partial charge on any atom is 0.123 e. The zero-order chi connectivity index (χ0) is 23.2. The SMILES string of the molecule is C1=CCNC(C2C=Cc3c(c4c5ccccc5ccc4n3C3C=CC(c4cccnc4)=CN3)C2)=C1. The number of dihydropyridines is 2. The highest BCUT2D eigenvalue weighted by molar-refractivity contribution is 6.10. The van der Waals surface area contributed by atoms with Crippen molar-refractivity contribution in [3.8, 4) is 0 Å². The van der Waals surface area contributed by atoms with Gasteiger partial charge in [-0.15, -0.1) is 0 Å². The summed E-state index contributed by atoms with van der Waals surface area (Å²) >= 11 is 0. The molecule has 2 aromatic carbocycles. The monoisotopic (exact) mass is 454 g/mol. The second-order valence-corrected chi connectivity index (χ2v) is 9.33. The van der Waals surface area contributed by atoms with Crippen LogP contribution in [0, 0.1) is 5.92 Å². The summed E-state index contributed by atoms with van der Waals surface area (Å²) in [5, 5.41) is 11.2. The van der Waals surface area contributed by atoms with Crippen LogP contribution in [0.2, 0.25) is 0 Å². The quantitative estimate of drug-likeness (QED) is 0.392. The first-order valence-electron chi connectivity index (χ1n) is 12.2. The Labute approximate surface area is 204 Å². The lowest BCUT2D eigenvalue weighted by Gasteiger charge is -2.26. The number of benzene rings is 2. The van der Waals surface area contributed by atoms with Gasteiger partial charge in [0.2, 0.25) is 0 Å². The molecule has 2 atom stereocenters. The smallest absolute Gasteiger partial charge is 0.123 e. The van der Waals surface area contributed by atoms with Crippen LogP contribution in [0.1, 0.15) is 23.0 Å². The van der Waals surface area contributed by atoms with Crippen molar-refractivity contribution in [1.82, 2.24) is 20.2 Å². The first kappa shape index (κ1) is 20.1. The number of nitrogens with one attached hydrogen (secondary N) is 2. The van der Waals surface area contributed by atoms with E-state index >= 15 is 0 Å².